The number of hydrogen-bond donors (Lipinski definition) is 1. The molecule has 0 aliphatic carbocycles. The lowest BCUT2D eigenvalue weighted by atomic mass is 10.1. The first-order chi connectivity index (χ1) is 15.8. The second kappa shape index (κ2) is 9.08. The van der Waals surface area contributed by atoms with E-state index >= 15 is 0 Å². The average molecular weight is 468 g/mol. The van der Waals surface area contributed by atoms with Gasteiger partial charge in [0.15, 0.2) is 0 Å². The molecule has 0 fully saturated rings. The Labute approximate surface area is 194 Å². The fourth-order valence-corrected chi connectivity index (χ4v) is 3.89. The van der Waals surface area contributed by atoms with Crippen LogP contribution in [0.5, 0.6) is 5.75 Å². The third kappa shape index (κ3) is 4.47. The minimum Gasteiger partial charge on any atom is -0.488 e. The number of rotatable bonds is 6. The van der Waals surface area contributed by atoms with E-state index in [-0.39, 0.29) is 17.7 Å². The monoisotopic (exact) mass is 467 g/mol. The highest BCUT2D eigenvalue weighted by atomic mass is 35.5. The van der Waals surface area contributed by atoms with Crippen molar-refractivity contribution < 1.29 is 23.4 Å². The van der Waals surface area contributed by atoms with Crippen LogP contribution in [0.3, 0.4) is 0 Å². The molecule has 0 atom stereocenters. The SMILES string of the molecule is Cc1ccc(-n2c(C)ccc2-c2cc(Cl)ccc2OCc2c(F)cccc2F)cc1C(=O)O. The molecule has 0 saturated carbocycles. The van der Waals surface area contributed by atoms with Gasteiger partial charge in [-0.2, -0.15) is 0 Å². The van der Waals surface area contributed by atoms with Crippen LogP contribution in [0.25, 0.3) is 16.9 Å². The summed E-state index contributed by atoms with van der Waals surface area (Å²) in [6, 6.07) is 17.6. The third-order valence-corrected chi connectivity index (χ3v) is 5.67. The second-order valence-corrected chi connectivity index (χ2v) is 8.07. The van der Waals surface area contributed by atoms with Crippen LogP contribution >= 0.6 is 11.6 Å². The number of halogens is 3. The fourth-order valence-electron chi connectivity index (χ4n) is 3.72. The van der Waals surface area contributed by atoms with Gasteiger partial charge >= 0.3 is 5.97 Å². The van der Waals surface area contributed by atoms with Gasteiger partial charge in [-0.25, -0.2) is 13.6 Å². The number of nitrogens with zero attached hydrogens (tertiary/aromatic N) is 1. The van der Waals surface area contributed by atoms with E-state index in [0.29, 0.717) is 33.3 Å². The summed E-state index contributed by atoms with van der Waals surface area (Å²) in [7, 11) is 0. The zero-order valence-electron chi connectivity index (χ0n) is 17.9. The predicted molar refractivity (Wildman–Crippen MR) is 123 cm³/mol. The Kier molecular flexibility index (Phi) is 6.20. The van der Waals surface area contributed by atoms with Crippen LogP contribution in [0, 0.1) is 25.5 Å². The fraction of sp³-hybridized carbons (Fsp3) is 0.115. The van der Waals surface area contributed by atoms with Crippen molar-refractivity contribution in [1.29, 1.82) is 0 Å². The smallest absolute Gasteiger partial charge is 0.336 e. The Hall–Kier alpha value is -3.64. The predicted octanol–water partition coefficient (Wildman–Crippen LogP) is 6.97. The van der Waals surface area contributed by atoms with E-state index in [4.69, 9.17) is 16.3 Å². The van der Waals surface area contributed by atoms with Crippen molar-refractivity contribution >= 4 is 17.6 Å². The summed E-state index contributed by atoms with van der Waals surface area (Å²) in [5.41, 5.74) is 3.48. The maximum atomic E-state index is 14.1. The molecule has 0 bridgehead atoms. The molecule has 33 heavy (non-hydrogen) atoms. The third-order valence-electron chi connectivity index (χ3n) is 5.44. The van der Waals surface area contributed by atoms with Crippen molar-refractivity contribution in [2.24, 2.45) is 0 Å². The quantitative estimate of drug-likeness (QED) is 0.333. The molecular weight excluding hydrogens is 448 g/mol. The number of benzene rings is 3. The maximum Gasteiger partial charge on any atom is 0.336 e. The molecular formula is C26H20ClF2NO3. The van der Waals surface area contributed by atoms with E-state index in [9.17, 15) is 18.7 Å². The van der Waals surface area contributed by atoms with Gasteiger partial charge in [0.25, 0.3) is 0 Å². The Morgan fingerprint density at radius 1 is 1.00 bits per heavy atom. The molecule has 3 aromatic carbocycles. The van der Waals surface area contributed by atoms with Crippen LogP contribution in [0.15, 0.2) is 66.7 Å². The normalized spacial score (nSPS) is 10.9. The van der Waals surface area contributed by atoms with Gasteiger partial charge in [-0.05, 0) is 74.0 Å². The molecule has 0 aliphatic heterocycles. The second-order valence-electron chi connectivity index (χ2n) is 7.63. The average Bonchev–Trinajstić information content (AvgIpc) is 3.15. The zero-order valence-corrected chi connectivity index (χ0v) is 18.7. The highest BCUT2D eigenvalue weighted by Gasteiger charge is 2.18. The molecule has 1 heterocycles. The van der Waals surface area contributed by atoms with E-state index in [2.05, 4.69) is 0 Å². The molecule has 0 saturated heterocycles. The Balaban J connectivity index is 1.79. The van der Waals surface area contributed by atoms with E-state index in [1.54, 1.807) is 37.3 Å². The standard InChI is InChI=1S/C26H20ClF2NO3/c1-15-6-9-18(13-19(15)26(31)32)30-16(2)7-10-24(30)20-12-17(27)8-11-25(20)33-14-21-22(28)4-3-5-23(21)29/h3-13H,14H2,1-2H3,(H,31,32). The van der Waals surface area contributed by atoms with Crippen LogP contribution in [-0.2, 0) is 6.61 Å². The first-order valence-electron chi connectivity index (χ1n) is 10.1. The zero-order chi connectivity index (χ0) is 23.7. The van der Waals surface area contributed by atoms with Gasteiger partial charge in [-0.15, -0.1) is 0 Å². The molecule has 0 radical (unpaired) electrons. The van der Waals surface area contributed by atoms with Crippen LogP contribution in [0.4, 0.5) is 8.78 Å². The van der Waals surface area contributed by atoms with Gasteiger partial charge in [-0.3, -0.25) is 0 Å². The van der Waals surface area contributed by atoms with E-state index in [1.165, 1.54) is 18.2 Å². The summed E-state index contributed by atoms with van der Waals surface area (Å²) in [4.78, 5) is 11.6. The molecule has 0 spiro atoms. The van der Waals surface area contributed by atoms with Crippen molar-refractivity contribution in [2.75, 3.05) is 0 Å². The number of carboxylic acid groups (broad SMARTS) is 1. The summed E-state index contributed by atoms with van der Waals surface area (Å²) in [5, 5.41) is 9.99. The number of aryl methyl sites for hydroxylation is 2. The van der Waals surface area contributed by atoms with Crippen LogP contribution in [0.1, 0.15) is 27.2 Å². The summed E-state index contributed by atoms with van der Waals surface area (Å²) >= 11 is 6.26. The van der Waals surface area contributed by atoms with Crippen LogP contribution < -0.4 is 4.74 Å². The van der Waals surface area contributed by atoms with Gasteiger partial charge in [0.2, 0.25) is 0 Å². The number of carbonyl (C=O) groups is 1. The summed E-state index contributed by atoms with van der Waals surface area (Å²) in [6.45, 7) is 3.32. The lowest BCUT2D eigenvalue weighted by Crippen LogP contribution is -2.06. The number of hydrogen-bond acceptors (Lipinski definition) is 2. The first kappa shape index (κ1) is 22.6. The number of aromatic carboxylic acids is 1. The minimum absolute atomic E-state index is 0.172. The van der Waals surface area contributed by atoms with Crippen molar-refractivity contribution in [3.8, 4) is 22.7 Å². The number of carboxylic acids is 1. The molecule has 4 nitrogen and oxygen atoms in total. The summed E-state index contributed by atoms with van der Waals surface area (Å²) in [5.74, 6) is -2.01. The van der Waals surface area contributed by atoms with Gasteiger partial charge in [0, 0.05) is 22.0 Å². The number of ether oxygens (including phenoxy) is 1. The molecule has 1 aromatic heterocycles. The lowest BCUT2D eigenvalue weighted by molar-refractivity contribution is 0.0696. The van der Waals surface area contributed by atoms with E-state index in [0.717, 1.165) is 5.69 Å². The largest absolute Gasteiger partial charge is 0.488 e. The van der Waals surface area contributed by atoms with E-state index in [1.807, 2.05) is 29.7 Å². The van der Waals surface area contributed by atoms with Gasteiger partial charge in [0.05, 0.1) is 16.8 Å². The minimum atomic E-state index is -1.01. The molecule has 168 valence electrons. The topological polar surface area (TPSA) is 51.5 Å². The first-order valence-corrected chi connectivity index (χ1v) is 10.5. The number of aromatic nitrogens is 1. The highest BCUT2D eigenvalue weighted by Crippen LogP contribution is 2.36. The van der Waals surface area contributed by atoms with Gasteiger partial charge in [-0.1, -0.05) is 23.7 Å². The lowest BCUT2D eigenvalue weighted by Gasteiger charge is -2.17. The Morgan fingerprint density at radius 3 is 2.42 bits per heavy atom. The molecule has 4 aromatic rings. The Bertz CT molecular complexity index is 1340. The van der Waals surface area contributed by atoms with Crippen molar-refractivity contribution in [3.05, 3.63) is 106 Å². The molecule has 0 unspecified atom stereocenters. The molecule has 7 heteroatoms. The van der Waals surface area contributed by atoms with Gasteiger partial charge in [0.1, 0.15) is 24.0 Å². The Morgan fingerprint density at radius 2 is 1.73 bits per heavy atom. The molecule has 0 aliphatic rings. The van der Waals surface area contributed by atoms with Crippen molar-refractivity contribution in [3.63, 3.8) is 0 Å². The molecule has 0 amide bonds. The maximum absolute atomic E-state index is 14.1. The van der Waals surface area contributed by atoms with Crippen LogP contribution in [0.2, 0.25) is 5.02 Å². The van der Waals surface area contributed by atoms with Crippen molar-refractivity contribution in [2.45, 2.75) is 20.5 Å². The highest BCUT2D eigenvalue weighted by molar-refractivity contribution is 6.31. The van der Waals surface area contributed by atoms with Crippen molar-refractivity contribution in [1.82, 2.24) is 4.57 Å². The van der Waals surface area contributed by atoms with E-state index < -0.39 is 17.6 Å². The summed E-state index contributed by atoms with van der Waals surface area (Å²) < 4.78 is 35.9. The van der Waals surface area contributed by atoms with Gasteiger partial charge < -0.3 is 14.4 Å². The molecule has 4 rings (SSSR count). The summed E-state index contributed by atoms with van der Waals surface area (Å²) in [6.07, 6.45) is 0. The molecule has 1 N–H and O–H groups in total. The van der Waals surface area contributed by atoms with Crippen LogP contribution in [-0.4, -0.2) is 15.6 Å².